The van der Waals surface area contributed by atoms with Gasteiger partial charge >= 0.3 is 5.97 Å². The van der Waals surface area contributed by atoms with E-state index in [0.29, 0.717) is 26.3 Å². The predicted octanol–water partition coefficient (Wildman–Crippen LogP) is -1.71. The number of hydrogen-bond donors (Lipinski definition) is 2. The van der Waals surface area contributed by atoms with Crippen LogP contribution in [0, 0.1) is 0 Å². The lowest BCUT2D eigenvalue weighted by Crippen LogP contribution is -2.57. The van der Waals surface area contributed by atoms with Gasteiger partial charge in [0.05, 0.1) is 26.4 Å². The van der Waals surface area contributed by atoms with Crippen molar-refractivity contribution >= 4 is 11.9 Å². The van der Waals surface area contributed by atoms with E-state index >= 15 is 0 Å². The Hall–Kier alpha value is -1.18. The van der Waals surface area contributed by atoms with Crippen molar-refractivity contribution < 1.29 is 24.2 Å². The van der Waals surface area contributed by atoms with Gasteiger partial charge in [-0.15, -0.1) is 0 Å². The summed E-state index contributed by atoms with van der Waals surface area (Å²) in [6, 6.07) is -0.365. The van der Waals surface area contributed by atoms with Crippen molar-refractivity contribution in [3.05, 3.63) is 0 Å². The molecule has 0 spiro atoms. The van der Waals surface area contributed by atoms with Crippen LogP contribution in [0.3, 0.4) is 0 Å². The van der Waals surface area contributed by atoms with Crippen LogP contribution in [-0.2, 0) is 19.1 Å². The van der Waals surface area contributed by atoms with Crippen molar-refractivity contribution in [2.75, 3.05) is 39.5 Å². The number of ether oxygens (including phenoxy) is 2. The molecule has 0 aliphatic carbocycles. The molecule has 0 saturated carbocycles. The van der Waals surface area contributed by atoms with E-state index in [2.05, 4.69) is 5.32 Å². The summed E-state index contributed by atoms with van der Waals surface area (Å²) in [6.45, 7) is 2.38. The molecular weight excluding hydrogens is 228 g/mol. The highest BCUT2D eigenvalue weighted by atomic mass is 16.5. The van der Waals surface area contributed by atoms with Crippen LogP contribution in [-0.4, -0.2) is 73.5 Å². The van der Waals surface area contributed by atoms with Gasteiger partial charge in [0.2, 0.25) is 5.91 Å². The van der Waals surface area contributed by atoms with E-state index in [4.69, 9.17) is 14.6 Å². The van der Waals surface area contributed by atoms with E-state index in [1.54, 1.807) is 0 Å². The van der Waals surface area contributed by atoms with Crippen LogP contribution in [0.5, 0.6) is 0 Å². The number of nitrogens with zero attached hydrogens (tertiary/aromatic N) is 1. The molecule has 2 aliphatic heterocycles. The Morgan fingerprint density at radius 2 is 2.18 bits per heavy atom. The second-order valence-electron chi connectivity index (χ2n) is 4.06. The van der Waals surface area contributed by atoms with Crippen LogP contribution in [0.1, 0.15) is 0 Å². The number of nitrogens with one attached hydrogen (secondary N) is 1. The zero-order valence-electron chi connectivity index (χ0n) is 9.42. The molecular formula is C10H16N2O5. The first-order chi connectivity index (χ1) is 8.18. The van der Waals surface area contributed by atoms with Gasteiger partial charge in [-0.2, -0.15) is 0 Å². The van der Waals surface area contributed by atoms with Gasteiger partial charge in [-0.05, 0) is 0 Å². The number of carboxylic acid groups (broad SMARTS) is 1. The van der Waals surface area contributed by atoms with E-state index in [9.17, 15) is 9.59 Å². The van der Waals surface area contributed by atoms with Crippen LogP contribution in [0.2, 0.25) is 0 Å². The summed E-state index contributed by atoms with van der Waals surface area (Å²) in [6.07, 6.45) is -0.919. The Bertz CT molecular complexity index is 303. The molecule has 2 heterocycles. The highest BCUT2D eigenvalue weighted by Crippen LogP contribution is 2.08. The summed E-state index contributed by atoms with van der Waals surface area (Å²) in [5.74, 6) is -1.14. The zero-order valence-corrected chi connectivity index (χ0v) is 9.42. The summed E-state index contributed by atoms with van der Waals surface area (Å²) in [7, 11) is 0. The first-order valence-corrected chi connectivity index (χ1v) is 5.63. The lowest BCUT2D eigenvalue weighted by atomic mass is 10.2. The lowest BCUT2D eigenvalue weighted by Gasteiger charge is -2.34. The Morgan fingerprint density at radius 1 is 1.35 bits per heavy atom. The first-order valence-electron chi connectivity index (χ1n) is 5.63. The van der Waals surface area contributed by atoms with E-state index in [-0.39, 0.29) is 25.1 Å². The maximum atomic E-state index is 12.1. The van der Waals surface area contributed by atoms with Gasteiger partial charge in [0.15, 0.2) is 6.10 Å². The molecule has 2 fully saturated rings. The Kier molecular flexibility index (Phi) is 3.93. The number of hydrogen-bond acceptors (Lipinski definition) is 5. The van der Waals surface area contributed by atoms with Gasteiger partial charge < -0.3 is 24.8 Å². The summed E-state index contributed by atoms with van der Waals surface area (Å²) in [5.41, 5.74) is 0. The summed E-state index contributed by atoms with van der Waals surface area (Å²) >= 11 is 0. The number of amides is 1. The van der Waals surface area contributed by atoms with Gasteiger partial charge in [0.1, 0.15) is 6.04 Å². The average Bonchev–Trinajstić information content (AvgIpc) is 2.39. The topological polar surface area (TPSA) is 88.1 Å². The van der Waals surface area contributed by atoms with Crippen LogP contribution in [0.4, 0.5) is 0 Å². The smallest absolute Gasteiger partial charge is 0.334 e. The van der Waals surface area contributed by atoms with Gasteiger partial charge in [-0.1, -0.05) is 0 Å². The third kappa shape index (κ3) is 2.93. The van der Waals surface area contributed by atoms with Crippen LogP contribution >= 0.6 is 0 Å². The number of rotatable bonds is 2. The van der Waals surface area contributed by atoms with E-state index in [1.807, 2.05) is 0 Å². The van der Waals surface area contributed by atoms with Crippen molar-refractivity contribution in [3.8, 4) is 0 Å². The molecule has 2 N–H and O–H groups in total. The molecule has 2 rings (SSSR count). The second kappa shape index (κ2) is 5.44. The SMILES string of the molecule is O=C(O)C1CN(C(=O)C2COCCN2)CCO1. The van der Waals surface area contributed by atoms with E-state index in [1.165, 1.54) is 4.90 Å². The molecule has 1 amide bonds. The second-order valence-corrected chi connectivity index (χ2v) is 4.06. The maximum Gasteiger partial charge on any atom is 0.334 e. The fourth-order valence-corrected chi connectivity index (χ4v) is 1.94. The van der Waals surface area contributed by atoms with E-state index < -0.39 is 12.1 Å². The van der Waals surface area contributed by atoms with Gasteiger partial charge in [0.25, 0.3) is 0 Å². The zero-order chi connectivity index (χ0) is 12.3. The maximum absolute atomic E-state index is 12.1. The Balaban J connectivity index is 1.91. The summed E-state index contributed by atoms with van der Waals surface area (Å²) < 4.78 is 10.3. The van der Waals surface area contributed by atoms with Crippen LogP contribution in [0.15, 0.2) is 0 Å². The van der Waals surface area contributed by atoms with Crippen LogP contribution in [0.25, 0.3) is 0 Å². The van der Waals surface area contributed by atoms with Crippen molar-refractivity contribution in [2.24, 2.45) is 0 Å². The molecule has 2 aliphatic rings. The summed E-state index contributed by atoms with van der Waals surface area (Å²) in [5, 5.41) is 11.9. The standard InChI is InChI=1S/C10H16N2O5/c13-9(7-6-16-3-1-11-7)12-2-4-17-8(5-12)10(14)15/h7-8,11H,1-6H2,(H,14,15). The minimum absolute atomic E-state index is 0.104. The molecule has 7 heteroatoms. The third-order valence-electron chi connectivity index (χ3n) is 2.87. The molecule has 7 nitrogen and oxygen atoms in total. The van der Waals surface area contributed by atoms with Gasteiger partial charge in [-0.3, -0.25) is 4.79 Å². The van der Waals surface area contributed by atoms with Crippen molar-refractivity contribution in [2.45, 2.75) is 12.1 Å². The predicted molar refractivity (Wildman–Crippen MR) is 56.6 cm³/mol. The minimum Gasteiger partial charge on any atom is -0.479 e. The Morgan fingerprint density at radius 3 is 2.82 bits per heavy atom. The average molecular weight is 244 g/mol. The fourth-order valence-electron chi connectivity index (χ4n) is 1.94. The quantitative estimate of drug-likeness (QED) is 0.601. The molecule has 17 heavy (non-hydrogen) atoms. The number of carbonyl (C=O) groups excluding carboxylic acids is 1. The number of carboxylic acids is 1. The molecule has 0 bridgehead atoms. The highest BCUT2D eigenvalue weighted by Gasteiger charge is 2.32. The van der Waals surface area contributed by atoms with E-state index in [0.717, 1.165) is 0 Å². The molecule has 96 valence electrons. The number of aliphatic carboxylic acids is 1. The molecule has 0 radical (unpaired) electrons. The van der Waals surface area contributed by atoms with Crippen molar-refractivity contribution in [3.63, 3.8) is 0 Å². The van der Waals surface area contributed by atoms with Gasteiger partial charge in [0, 0.05) is 13.1 Å². The van der Waals surface area contributed by atoms with Gasteiger partial charge in [-0.25, -0.2) is 4.79 Å². The molecule has 2 unspecified atom stereocenters. The lowest BCUT2D eigenvalue weighted by molar-refractivity contribution is -0.160. The number of carbonyl (C=O) groups is 2. The monoisotopic (exact) mass is 244 g/mol. The molecule has 0 aromatic carbocycles. The molecule has 0 aromatic rings. The first kappa shape index (κ1) is 12.3. The molecule has 2 atom stereocenters. The largest absolute Gasteiger partial charge is 0.479 e. The molecule has 0 aromatic heterocycles. The minimum atomic E-state index is -1.03. The normalized spacial score (nSPS) is 30.0. The van der Waals surface area contributed by atoms with Crippen molar-refractivity contribution in [1.82, 2.24) is 10.2 Å². The van der Waals surface area contributed by atoms with Crippen LogP contribution < -0.4 is 5.32 Å². The van der Waals surface area contributed by atoms with Crippen molar-refractivity contribution in [1.29, 1.82) is 0 Å². The Labute approximate surface area is 98.7 Å². The molecule has 2 saturated heterocycles. The summed E-state index contributed by atoms with van der Waals surface area (Å²) in [4.78, 5) is 24.4. The fraction of sp³-hybridized carbons (Fsp3) is 0.800. The number of morpholine rings is 2. The highest BCUT2D eigenvalue weighted by molar-refractivity contribution is 5.83. The third-order valence-corrected chi connectivity index (χ3v) is 2.87.